The molecule has 2 rings (SSSR count). The highest BCUT2D eigenvalue weighted by atomic mass is 16.6. The van der Waals surface area contributed by atoms with Crippen LogP contribution in [-0.2, 0) is 14.3 Å². The van der Waals surface area contributed by atoms with Crippen molar-refractivity contribution in [2.24, 2.45) is 0 Å². The Bertz CT molecular complexity index is 696. The lowest BCUT2D eigenvalue weighted by Gasteiger charge is -2.32. The number of esters is 1. The number of hydrogen-bond acceptors (Lipinski definition) is 4. The third-order valence-electron chi connectivity index (χ3n) is 4.12. The van der Waals surface area contributed by atoms with E-state index in [2.05, 4.69) is 0 Å². The first kappa shape index (κ1) is 20.8. The van der Waals surface area contributed by atoms with Crippen molar-refractivity contribution in [3.05, 3.63) is 71.8 Å². The zero-order valence-electron chi connectivity index (χ0n) is 16.6. The summed E-state index contributed by atoms with van der Waals surface area (Å²) in [4.78, 5) is 26.7. The molecule has 0 saturated carbocycles. The van der Waals surface area contributed by atoms with E-state index in [1.165, 1.54) is 0 Å². The van der Waals surface area contributed by atoms with E-state index in [1.807, 2.05) is 93.3 Å². The van der Waals surface area contributed by atoms with Gasteiger partial charge in [0, 0.05) is 6.42 Å². The van der Waals surface area contributed by atoms with Crippen molar-refractivity contribution >= 4 is 11.8 Å². The van der Waals surface area contributed by atoms with E-state index in [0.29, 0.717) is 6.42 Å². The standard InChI is InChI=1S/C23H29NO3/c1-5-20(25)16-24(17-21(26)27-23(2,3)4)22(18-12-8-6-9-13-18)19-14-10-7-11-15-19/h6-15,22H,5,16-17H2,1-4H3. The highest BCUT2D eigenvalue weighted by molar-refractivity contribution is 5.81. The Kier molecular flexibility index (Phi) is 7.31. The van der Waals surface area contributed by atoms with E-state index in [9.17, 15) is 9.59 Å². The minimum atomic E-state index is -0.563. The SMILES string of the molecule is CCC(=O)CN(CC(=O)OC(C)(C)C)C(c1ccccc1)c1ccccc1. The van der Waals surface area contributed by atoms with E-state index in [-0.39, 0.29) is 30.9 Å². The highest BCUT2D eigenvalue weighted by Gasteiger charge is 2.28. The van der Waals surface area contributed by atoms with E-state index in [0.717, 1.165) is 11.1 Å². The zero-order chi connectivity index (χ0) is 19.9. The number of ketones is 1. The highest BCUT2D eigenvalue weighted by Crippen LogP contribution is 2.28. The zero-order valence-corrected chi connectivity index (χ0v) is 16.6. The molecule has 0 aliphatic carbocycles. The Morgan fingerprint density at radius 2 is 1.37 bits per heavy atom. The lowest BCUT2D eigenvalue weighted by molar-refractivity contribution is -0.156. The molecule has 0 atom stereocenters. The molecule has 0 spiro atoms. The largest absolute Gasteiger partial charge is 0.459 e. The van der Waals surface area contributed by atoms with Crippen LogP contribution in [0.25, 0.3) is 0 Å². The molecule has 0 aliphatic heterocycles. The number of carbonyl (C=O) groups is 2. The molecule has 4 nitrogen and oxygen atoms in total. The maximum absolute atomic E-state index is 12.5. The van der Waals surface area contributed by atoms with Gasteiger partial charge in [-0.15, -0.1) is 0 Å². The van der Waals surface area contributed by atoms with Gasteiger partial charge in [0.05, 0.1) is 19.1 Å². The monoisotopic (exact) mass is 367 g/mol. The summed E-state index contributed by atoms with van der Waals surface area (Å²) >= 11 is 0. The van der Waals surface area contributed by atoms with Crippen LogP contribution < -0.4 is 0 Å². The third kappa shape index (κ3) is 6.65. The number of ether oxygens (including phenoxy) is 1. The van der Waals surface area contributed by atoms with Gasteiger partial charge in [0.25, 0.3) is 0 Å². The average molecular weight is 367 g/mol. The summed E-state index contributed by atoms with van der Waals surface area (Å²) in [7, 11) is 0. The normalized spacial score (nSPS) is 11.6. The molecule has 0 bridgehead atoms. The van der Waals surface area contributed by atoms with E-state index in [4.69, 9.17) is 4.74 Å². The first-order valence-corrected chi connectivity index (χ1v) is 9.37. The van der Waals surface area contributed by atoms with Crippen LogP contribution in [-0.4, -0.2) is 35.3 Å². The Morgan fingerprint density at radius 1 is 0.889 bits per heavy atom. The van der Waals surface area contributed by atoms with Gasteiger partial charge in [-0.25, -0.2) is 0 Å². The van der Waals surface area contributed by atoms with Crippen LogP contribution in [0.2, 0.25) is 0 Å². The second kappa shape index (κ2) is 9.47. The van der Waals surface area contributed by atoms with Gasteiger partial charge in [-0.2, -0.15) is 0 Å². The van der Waals surface area contributed by atoms with Crippen LogP contribution in [0.15, 0.2) is 60.7 Å². The van der Waals surface area contributed by atoms with Crippen LogP contribution in [0.3, 0.4) is 0 Å². The summed E-state index contributed by atoms with van der Waals surface area (Å²) in [5.41, 5.74) is 1.51. The first-order chi connectivity index (χ1) is 12.8. The van der Waals surface area contributed by atoms with Crippen LogP contribution in [0, 0.1) is 0 Å². The van der Waals surface area contributed by atoms with Crippen LogP contribution in [0.5, 0.6) is 0 Å². The molecule has 4 heteroatoms. The van der Waals surface area contributed by atoms with Crippen molar-refractivity contribution in [2.75, 3.05) is 13.1 Å². The summed E-state index contributed by atoms with van der Waals surface area (Å²) in [5, 5.41) is 0. The molecule has 0 aromatic heterocycles. The minimum absolute atomic E-state index is 0.0530. The Balaban J connectivity index is 2.40. The second-order valence-electron chi connectivity index (χ2n) is 7.61. The molecular formula is C23H29NO3. The van der Waals surface area contributed by atoms with Gasteiger partial charge in [0.15, 0.2) is 0 Å². The molecule has 2 aromatic carbocycles. The molecule has 0 saturated heterocycles. The smallest absolute Gasteiger partial charge is 0.320 e. The van der Waals surface area contributed by atoms with Gasteiger partial charge in [0.1, 0.15) is 11.4 Å². The van der Waals surface area contributed by atoms with Gasteiger partial charge in [-0.3, -0.25) is 14.5 Å². The van der Waals surface area contributed by atoms with Crippen molar-refractivity contribution in [1.82, 2.24) is 4.90 Å². The van der Waals surface area contributed by atoms with E-state index >= 15 is 0 Å². The predicted molar refractivity (Wildman–Crippen MR) is 107 cm³/mol. The summed E-state index contributed by atoms with van der Waals surface area (Å²) < 4.78 is 5.51. The molecular weight excluding hydrogens is 338 g/mol. The molecule has 0 fully saturated rings. The minimum Gasteiger partial charge on any atom is -0.459 e. The Hall–Kier alpha value is -2.46. The Morgan fingerprint density at radius 3 is 1.78 bits per heavy atom. The third-order valence-corrected chi connectivity index (χ3v) is 4.12. The molecule has 0 amide bonds. The van der Waals surface area contributed by atoms with Crippen molar-refractivity contribution in [3.63, 3.8) is 0 Å². The molecule has 2 aromatic rings. The number of carbonyl (C=O) groups excluding carboxylic acids is 2. The van der Waals surface area contributed by atoms with Gasteiger partial charge in [-0.1, -0.05) is 67.6 Å². The maximum Gasteiger partial charge on any atom is 0.320 e. The predicted octanol–water partition coefficient (Wildman–Crippen LogP) is 4.40. The summed E-state index contributed by atoms with van der Waals surface area (Å²) in [6, 6.07) is 19.7. The van der Waals surface area contributed by atoms with Gasteiger partial charge >= 0.3 is 5.97 Å². The van der Waals surface area contributed by atoms with Gasteiger partial charge in [-0.05, 0) is 31.9 Å². The van der Waals surface area contributed by atoms with E-state index < -0.39 is 5.60 Å². The first-order valence-electron chi connectivity index (χ1n) is 9.37. The van der Waals surface area contributed by atoms with E-state index in [1.54, 1.807) is 0 Å². The molecule has 0 unspecified atom stereocenters. The topological polar surface area (TPSA) is 46.6 Å². The maximum atomic E-state index is 12.5. The molecule has 0 N–H and O–H groups in total. The fourth-order valence-electron chi connectivity index (χ4n) is 3.00. The van der Waals surface area contributed by atoms with Crippen molar-refractivity contribution in [3.8, 4) is 0 Å². The molecule has 144 valence electrons. The van der Waals surface area contributed by atoms with Gasteiger partial charge in [0.2, 0.25) is 0 Å². The summed E-state index contributed by atoms with van der Waals surface area (Å²) in [6.45, 7) is 7.63. The number of hydrogen-bond donors (Lipinski definition) is 0. The average Bonchev–Trinajstić information content (AvgIpc) is 2.62. The van der Waals surface area contributed by atoms with Crippen LogP contribution in [0.1, 0.15) is 51.3 Å². The number of nitrogens with zero attached hydrogens (tertiary/aromatic N) is 1. The fourth-order valence-corrected chi connectivity index (χ4v) is 3.00. The number of rotatable bonds is 8. The fraction of sp³-hybridized carbons (Fsp3) is 0.391. The molecule has 0 radical (unpaired) electrons. The molecule has 27 heavy (non-hydrogen) atoms. The lowest BCUT2D eigenvalue weighted by atomic mass is 9.96. The summed E-state index contributed by atoms with van der Waals surface area (Å²) in [5.74, 6) is -0.237. The molecule has 0 aliphatic rings. The lowest BCUT2D eigenvalue weighted by Crippen LogP contribution is -2.40. The number of Topliss-reactive ketones (excluding diaryl/α,β-unsaturated/α-hetero) is 1. The Labute approximate surface area is 162 Å². The van der Waals surface area contributed by atoms with Crippen LogP contribution >= 0.6 is 0 Å². The van der Waals surface area contributed by atoms with Crippen molar-refractivity contribution < 1.29 is 14.3 Å². The molecule has 0 heterocycles. The van der Waals surface area contributed by atoms with Crippen molar-refractivity contribution in [2.45, 2.75) is 45.8 Å². The summed E-state index contributed by atoms with van der Waals surface area (Å²) in [6.07, 6.45) is 0.432. The second-order valence-corrected chi connectivity index (χ2v) is 7.61. The number of benzene rings is 2. The van der Waals surface area contributed by atoms with Crippen molar-refractivity contribution in [1.29, 1.82) is 0 Å². The quantitative estimate of drug-likeness (QED) is 0.649. The van der Waals surface area contributed by atoms with Gasteiger partial charge < -0.3 is 4.74 Å². The van der Waals surface area contributed by atoms with Crippen LogP contribution in [0.4, 0.5) is 0 Å².